The summed E-state index contributed by atoms with van der Waals surface area (Å²) in [6.45, 7) is -0.263. The zero-order chi connectivity index (χ0) is 8.10. The molecule has 0 spiro atoms. The van der Waals surface area contributed by atoms with E-state index in [2.05, 4.69) is 15.9 Å². The summed E-state index contributed by atoms with van der Waals surface area (Å²) in [6, 6.07) is 7.87. The van der Waals surface area contributed by atoms with Crippen molar-refractivity contribution in [1.29, 1.82) is 0 Å². The van der Waals surface area contributed by atoms with Crippen LogP contribution >= 0.6 is 27.7 Å². The van der Waals surface area contributed by atoms with Gasteiger partial charge in [-0.2, -0.15) is 0 Å². The van der Waals surface area contributed by atoms with Crippen LogP contribution in [0.5, 0.6) is 0 Å². The van der Waals surface area contributed by atoms with Crippen LogP contribution in [0.1, 0.15) is 0 Å². The fourth-order valence-corrected chi connectivity index (χ4v) is 1.59. The van der Waals surface area contributed by atoms with Crippen LogP contribution in [0, 0.1) is 0 Å². The van der Waals surface area contributed by atoms with E-state index < -0.39 is 0 Å². The maximum atomic E-state index is 11.7. The second kappa shape index (κ2) is 4.78. The number of benzene rings is 1. The molecule has 1 rings (SSSR count). The quantitative estimate of drug-likeness (QED) is 0.722. The van der Waals surface area contributed by atoms with Gasteiger partial charge in [-0.3, -0.25) is 4.39 Å². The molecule has 0 aromatic heterocycles. The molecule has 0 amide bonds. The van der Waals surface area contributed by atoms with Crippen LogP contribution in [0.25, 0.3) is 0 Å². The fraction of sp³-hybridized carbons (Fsp3) is 0.250. The van der Waals surface area contributed by atoms with Crippen LogP contribution in [0.15, 0.2) is 33.6 Å². The van der Waals surface area contributed by atoms with Crippen LogP contribution < -0.4 is 0 Å². The molecule has 3 heteroatoms. The van der Waals surface area contributed by atoms with Crippen LogP contribution in [0.4, 0.5) is 4.39 Å². The molecule has 1 aromatic rings. The van der Waals surface area contributed by atoms with Crippen molar-refractivity contribution in [3.05, 3.63) is 28.7 Å². The molecule has 0 aliphatic rings. The van der Waals surface area contributed by atoms with Gasteiger partial charge in [-0.05, 0) is 24.3 Å². The van der Waals surface area contributed by atoms with Crippen molar-refractivity contribution in [2.45, 2.75) is 4.90 Å². The maximum absolute atomic E-state index is 11.7. The molecule has 0 radical (unpaired) electrons. The molecule has 0 unspecified atom stereocenters. The van der Waals surface area contributed by atoms with Gasteiger partial charge in [0.15, 0.2) is 0 Å². The van der Waals surface area contributed by atoms with Crippen LogP contribution in [-0.2, 0) is 0 Å². The Labute approximate surface area is 78.3 Å². The molecular weight excluding hydrogens is 227 g/mol. The molecule has 1 aromatic carbocycles. The van der Waals surface area contributed by atoms with Crippen LogP contribution in [-0.4, -0.2) is 12.4 Å². The lowest BCUT2D eigenvalue weighted by Gasteiger charge is -1.97. The Morgan fingerprint density at radius 3 is 2.45 bits per heavy atom. The van der Waals surface area contributed by atoms with Crippen molar-refractivity contribution in [3.63, 3.8) is 0 Å². The van der Waals surface area contributed by atoms with Gasteiger partial charge < -0.3 is 0 Å². The van der Waals surface area contributed by atoms with Crippen molar-refractivity contribution < 1.29 is 4.39 Å². The fourth-order valence-electron chi connectivity index (χ4n) is 0.687. The minimum absolute atomic E-state index is 0.263. The first kappa shape index (κ1) is 9.07. The molecule has 0 atom stereocenters. The molecule has 0 saturated heterocycles. The predicted molar refractivity (Wildman–Crippen MR) is 50.8 cm³/mol. The predicted octanol–water partition coefficient (Wildman–Crippen LogP) is 3.51. The zero-order valence-corrected chi connectivity index (χ0v) is 8.29. The van der Waals surface area contributed by atoms with Gasteiger partial charge in [0.25, 0.3) is 0 Å². The van der Waals surface area contributed by atoms with Gasteiger partial charge in [0.2, 0.25) is 0 Å². The van der Waals surface area contributed by atoms with E-state index in [1.807, 2.05) is 24.3 Å². The van der Waals surface area contributed by atoms with Gasteiger partial charge in [0.05, 0.1) is 6.67 Å². The second-order valence-electron chi connectivity index (χ2n) is 1.99. The lowest BCUT2D eigenvalue weighted by atomic mass is 10.4. The van der Waals surface area contributed by atoms with Gasteiger partial charge in [-0.25, -0.2) is 0 Å². The molecule has 0 nitrogen and oxygen atoms in total. The van der Waals surface area contributed by atoms with Gasteiger partial charge >= 0.3 is 0 Å². The largest absolute Gasteiger partial charge is 0.250 e. The van der Waals surface area contributed by atoms with Crippen molar-refractivity contribution in [1.82, 2.24) is 0 Å². The Hall–Kier alpha value is -0.0200. The smallest absolute Gasteiger partial charge is 0.0988 e. The topological polar surface area (TPSA) is 0 Å². The molecule has 0 aliphatic carbocycles. The Morgan fingerprint density at radius 2 is 1.91 bits per heavy atom. The lowest BCUT2D eigenvalue weighted by molar-refractivity contribution is 0.533. The van der Waals surface area contributed by atoms with E-state index >= 15 is 0 Å². The van der Waals surface area contributed by atoms with E-state index in [1.165, 1.54) is 11.8 Å². The highest BCUT2D eigenvalue weighted by Gasteiger charge is 1.92. The molecule has 0 aliphatic heterocycles. The van der Waals surface area contributed by atoms with Crippen LogP contribution in [0.2, 0.25) is 0 Å². The second-order valence-corrected chi connectivity index (χ2v) is 4.08. The van der Waals surface area contributed by atoms with Gasteiger partial charge in [0, 0.05) is 15.1 Å². The number of halogens is 2. The number of rotatable bonds is 3. The minimum atomic E-state index is -0.263. The third-order valence-electron chi connectivity index (χ3n) is 1.16. The van der Waals surface area contributed by atoms with Gasteiger partial charge in [0.1, 0.15) is 0 Å². The average Bonchev–Trinajstić information content (AvgIpc) is 2.04. The molecule has 0 heterocycles. The highest BCUT2D eigenvalue weighted by atomic mass is 79.9. The van der Waals surface area contributed by atoms with Crippen molar-refractivity contribution in [2.75, 3.05) is 12.4 Å². The Morgan fingerprint density at radius 1 is 1.27 bits per heavy atom. The summed E-state index contributed by atoms with van der Waals surface area (Å²) in [7, 11) is 0. The molecule has 0 saturated carbocycles. The number of alkyl halides is 1. The maximum Gasteiger partial charge on any atom is 0.0988 e. The van der Waals surface area contributed by atoms with Crippen molar-refractivity contribution >= 4 is 27.7 Å². The third kappa shape index (κ3) is 3.25. The van der Waals surface area contributed by atoms with E-state index in [9.17, 15) is 4.39 Å². The molecule has 11 heavy (non-hydrogen) atoms. The Balaban J connectivity index is 2.52. The number of thioether (sulfide) groups is 1. The summed E-state index contributed by atoms with van der Waals surface area (Å²) < 4.78 is 12.8. The monoisotopic (exact) mass is 234 g/mol. The average molecular weight is 235 g/mol. The summed E-state index contributed by atoms with van der Waals surface area (Å²) in [4.78, 5) is 1.12. The lowest BCUT2D eigenvalue weighted by Crippen LogP contribution is -1.79. The molecule has 60 valence electrons. The number of hydrogen-bond donors (Lipinski definition) is 0. The third-order valence-corrected chi connectivity index (χ3v) is 2.65. The van der Waals surface area contributed by atoms with E-state index in [-0.39, 0.29) is 6.67 Å². The SMILES string of the molecule is FCCSc1ccc(Br)cc1. The first-order valence-corrected chi connectivity index (χ1v) is 5.05. The summed E-state index contributed by atoms with van der Waals surface area (Å²) in [5, 5.41) is 0. The first-order chi connectivity index (χ1) is 5.33. The summed E-state index contributed by atoms with van der Waals surface area (Å²) in [5.41, 5.74) is 0. The minimum Gasteiger partial charge on any atom is -0.250 e. The molecule has 0 bridgehead atoms. The molecule has 0 fully saturated rings. The molecule has 0 N–H and O–H groups in total. The Kier molecular flexibility index (Phi) is 3.94. The van der Waals surface area contributed by atoms with Crippen LogP contribution in [0.3, 0.4) is 0 Å². The standard InChI is InChI=1S/C8H8BrFS/c9-7-1-3-8(4-2-7)11-6-5-10/h1-4H,5-6H2. The van der Waals surface area contributed by atoms with E-state index in [1.54, 1.807) is 0 Å². The Bertz CT molecular complexity index is 210. The highest BCUT2D eigenvalue weighted by molar-refractivity contribution is 9.10. The van der Waals surface area contributed by atoms with Crippen molar-refractivity contribution in [2.24, 2.45) is 0 Å². The van der Waals surface area contributed by atoms with Gasteiger partial charge in [-0.15, -0.1) is 11.8 Å². The van der Waals surface area contributed by atoms with Gasteiger partial charge in [-0.1, -0.05) is 15.9 Å². The van der Waals surface area contributed by atoms with Crippen molar-refractivity contribution in [3.8, 4) is 0 Å². The van der Waals surface area contributed by atoms with E-state index in [0.717, 1.165) is 9.37 Å². The number of hydrogen-bond acceptors (Lipinski definition) is 1. The normalized spacial score (nSPS) is 10.0. The summed E-state index contributed by atoms with van der Waals surface area (Å²) in [5.74, 6) is 0.543. The highest BCUT2D eigenvalue weighted by Crippen LogP contribution is 2.19. The summed E-state index contributed by atoms with van der Waals surface area (Å²) in [6.07, 6.45) is 0. The van der Waals surface area contributed by atoms with E-state index in [4.69, 9.17) is 0 Å². The first-order valence-electron chi connectivity index (χ1n) is 3.27. The van der Waals surface area contributed by atoms with E-state index in [0.29, 0.717) is 5.75 Å². The zero-order valence-electron chi connectivity index (χ0n) is 5.89. The molecular formula is C8H8BrFS. The summed E-state index contributed by atoms with van der Waals surface area (Å²) >= 11 is 4.86.